The molecule has 0 unspecified atom stereocenters. The van der Waals surface area contributed by atoms with E-state index < -0.39 is 0 Å². The quantitative estimate of drug-likeness (QED) is 0.875. The summed E-state index contributed by atoms with van der Waals surface area (Å²) in [5.41, 5.74) is 1.30. The van der Waals surface area contributed by atoms with Crippen molar-refractivity contribution in [1.29, 1.82) is 0 Å². The molecular weight excluding hydrogens is 294 g/mol. The van der Waals surface area contributed by atoms with Crippen LogP contribution in [0.5, 0.6) is 5.75 Å². The maximum absolute atomic E-state index is 5.70. The van der Waals surface area contributed by atoms with Gasteiger partial charge in [0.1, 0.15) is 22.8 Å². The minimum absolute atomic E-state index is 0.490. The van der Waals surface area contributed by atoms with Crippen LogP contribution in [0.2, 0.25) is 0 Å². The summed E-state index contributed by atoms with van der Waals surface area (Å²) in [7, 11) is 0. The van der Waals surface area contributed by atoms with Gasteiger partial charge in [-0.15, -0.1) is 0 Å². The van der Waals surface area contributed by atoms with Crippen LogP contribution in [0.1, 0.15) is 24.4 Å². The fourth-order valence-corrected chi connectivity index (χ4v) is 2.88. The summed E-state index contributed by atoms with van der Waals surface area (Å²) in [4.78, 5) is 8.57. The molecule has 1 aliphatic rings. The summed E-state index contributed by atoms with van der Waals surface area (Å²) in [6, 6.07) is 3.77. The lowest BCUT2D eigenvalue weighted by molar-refractivity contribution is 0.285. The molecule has 0 aromatic carbocycles. The van der Waals surface area contributed by atoms with Gasteiger partial charge in [0.25, 0.3) is 0 Å². The highest BCUT2D eigenvalue weighted by atomic mass is 79.9. The third kappa shape index (κ3) is 2.27. The van der Waals surface area contributed by atoms with E-state index >= 15 is 0 Å². The Morgan fingerprint density at radius 3 is 3.17 bits per heavy atom. The van der Waals surface area contributed by atoms with E-state index in [-0.39, 0.29) is 0 Å². The molecule has 3 rings (SSSR count). The summed E-state index contributed by atoms with van der Waals surface area (Å²) in [5, 5.41) is 0. The summed E-state index contributed by atoms with van der Waals surface area (Å²) >= 11 is 3.53. The molecule has 0 aliphatic carbocycles. The average molecular weight is 308 g/mol. The number of fused-ring (bicyclic) bond motifs is 1. The van der Waals surface area contributed by atoms with E-state index in [1.54, 1.807) is 12.4 Å². The molecule has 1 aliphatic heterocycles. The molecule has 0 radical (unpaired) electrons. The van der Waals surface area contributed by atoms with Gasteiger partial charge in [0.2, 0.25) is 0 Å². The number of rotatable bonds is 3. The second-order valence-electron chi connectivity index (χ2n) is 4.35. The maximum Gasteiger partial charge on any atom is 0.148 e. The van der Waals surface area contributed by atoms with Crippen LogP contribution >= 0.6 is 15.9 Å². The highest BCUT2D eigenvalue weighted by molar-refractivity contribution is 9.10. The van der Waals surface area contributed by atoms with Crippen molar-refractivity contribution in [3.8, 4) is 5.75 Å². The maximum atomic E-state index is 5.70. The average Bonchev–Trinajstić information content (AvgIpc) is 2.75. The van der Waals surface area contributed by atoms with Crippen molar-refractivity contribution in [2.75, 3.05) is 0 Å². The van der Waals surface area contributed by atoms with Gasteiger partial charge in [0.15, 0.2) is 0 Å². The molecule has 5 heteroatoms. The molecule has 2 aromatic heterocycles. The van der Waals surface area contributed by atoms with Gasteiger partial charge in [-0.05, 0) is 47.3 Å². The van der Waals surface area contributed by atoms with Crippen molar-refractivity contribution in [1.82, 2.24) is 14.5 Å². The van der Waals surface area contributed by atoms with Gasteiger partial charge in [-0.1, -0.05) is 0 Å². The molecule has 0 spiro atoms. The lowest BCUT2D eigenvalue weighted by atomic mass is 10.1. The molecule has 0 amide bonds. The Balaban J connectivity index is 1.77. The van der Waals surface area contributed by atoms with Gasteiger partial charge in [-0.2, -0.15) is 0 Å². The predicted molar refractivity (Wildman–Crippen MR) is 71.4 cm³/mol. The zero-order valence-electron chi connectivity index (χ0n) is 9.97. The number of imidazole rings is 1. The number of pyridine rings is 1. The number of halogens is 1. The van der Waals surface area contributed by atoms with Crippen LogP contribution in [0.25, 0.3) is 0 Å². The molecule has 0 saturated carbocycles. The Morgan fingerprint density at radius 1 is 1.39 bits per heavy atom. The fourth-order valence-electron chi connectivity index (χ4n) is 2.26. The van der Waals surface area contributed by atoms with E-state index in [1.807, 2.05) is 12.1 Å². The first-order valence-electron chi connectivity index (χ1n) is 6.11. The summed E-state index contributed by atoms with van der Waals surface area (Å²) < 4.78 is 8.94. The third-order valence-electron chi connectivity index (χ3n) is 3.15. The first-order valence-corrected chi connectivity index (χ1v) is 6.90. The summed E-state index contributed by atoms with van der Waals surface area (Å²) in [5.74, 6) is 1.77. The number of hydrogen-bond acceptors (Lipinski definition) is 3. The van der Waals surface area contributed by atoms with E-state index in [1.165, 1.54) is 18.5 Å². The van der Waals surface area contributed by atoms with Crippen molar-refractivity contribution in [2.45, 2.75) is 32.4 Å². The minimum Gasteiger partial charge on any atom is -0.484 e. The Morgan fingerprint density at radius 2 is 2.33 bits per heavy atom. The van der Waals surface area contributed by atoms with Crippen LogP contribution in [0.15, 0.2) is 29.1 Å². The lowest BCUT2D eigenvalue weighted by Crippen LogP contribution is -2.14. The van der Waals surface area contributed by atoms with E-state index in [9.17, 15) is 0 Å². The Kier molecular flexibility index (Phi) is 3.32. The number of hydrogen-bond donors (Lipinski definition) is 0. The SMILES string of the molecule is Brc1nc(COc2cccnc2)n2c1CCCC2. The number of nitrogens with zero attached hydrogens (tertiary/aromatic N) is 3. The van der Waals surface area contributed by atoms with Gasteiger partial charge < -0.3 is 9.30 Å². The molecule has 0 atom stereocenters. The first kappa shape index (κ1) is 11.7. The van der Waals surface area contributed by atoms with Gasteiger partial charge >= 0.3 is 0 Å². The lowest BCUT2D eigenvalue weighted by Gasteiger charge is -2.16. The highest BCUT2D eigenvalue weighted by Gasteiger charge is 2.18. The molecule has 0 N–H and O–H groups in total. The van der Waals surface area contributed by atoms with E-state index in [2.05, 4.69) is 30.5 Å². The minimum atomic E-state index is 0.490. The summed E-state index contributed by atoms with van der Waals surface area (Å²) in [6.45, 7) is 1.53. The van der Waals surface area contributed by atoms with Crippen molar-refractivity contribution >= 4 is 15.9 Å². The Hall–Kier alpha value is -1.36. The first-order chi connectivity index (χ1) is 8.84. The zero-order valence-corrected chi connectivity index (χ0v) is 11.6. The van der Waals surface area contributed by atoms with Gasteiger partial charge in [-0.3, -0.25) is 4.98 Å². The smallest absolute Gasteiger partial charge is 0.148 e. The van der Waals surface area contributed by atoms with E-state index in [4.69, 9.17) is 4.74 Å². The standard InChI is InChI=1S/C13H14BrN3O/c14-13-11-5-1-2-7-17(11)12(16-13)9-18-10-4-3-6-15-8-10/h3-4,6,8H,1-2,5,7,9H2. The number of aromatic nitrogens is 3. The largest absolute Gasteiger partial charge is 0.484 e. The van der Waals surface area contributed by atoms with Crippen molar-refractivity contribution in [3.63, 3.8) is 0 Å². The topological polar surface area (TPSA) is 39.9 Å². The highest BCUT2D eigenvalue weighted by Crippen LogP contribution is 2.25. The van der Waals surface area contributed by atoms with Crippen molar-refractivity contribution in [2.24, 2.45) is 0 Å². The molecule has 4 nitrogen and oxygen atoms in total. The van der Waals surface area contributed by atoms with Gasteiger partial charge in [0.05, 0.1) is 11.9 Å². The molecule has 2 aromatic rings. The molecule has 0 fully saturated rings. The van der Waals surface area contributed by atoms with Gasteiger partial charge in [0, 0.05) is 12.7 Å². The number of ether oxygens (including phenoxy) is 1. The normalized spacial score (nSPS) is 14.3. The van der Waals surface area contributed by atoms with E-state index in [0.717, 1.165) is 29.1 Å². The van der Waals surface area contributed by atoms with Crippen molar-refractivity contribution in [3.05, 3.63) is 40.6 Å². The van der Waals surface area contributed by atoms with Crippen LogP contribution in [0.3, 0.4) is 0 Å². The van der Waals surface area contributed by atoms with Crippen LogP contribution in [-0.4, -0.2) is 14.5 Å². The Labute approximate surface area is 114 Å². The van der Waals surface area contributed by atoms with Gasteiger partial charge in [-0.25, -0.2) is 4.98 Å². The molecule has 3 heterocycles. The van der Waals surface area contributed by atoms with Crippen LogP contribution in [-0.2, 0) is 19.6 Å². The van der Waals surface area contributed by atoms with E-state index in [0.29, 0.717) is 6.61 Å². The van der Waals surface area contributed by atoms with Crippen LogP contribution in [0.4, 0.5) is 0 Å². The summed E-state index contributed by atoms with van der Waals surface area (Å²) in [6.07, 6.45) is 7.01. The monoisotopic (exact) mass is 307 g/mol. The third-order valence-corrected chi connectivity index (χ3v) is 3.79. The zero-order chi connectivity index (χ0) is 12.4. The Bertz CT molecular complexity index is 539. The second-order valence-corrected chi connectivity index (χ2v) is 5.10. The predicted octanol–water partition coefficient (Wildman–Crippen LogP) is 2.96. The second kappa shape index (κ2) is 5.10. The van der Waals surface area contributed by atoms with Crippen LogP contribution in [0, 0.1) is 0 Å². The molecular formula is C13H14BrN3O. The van der Waals surface area contributed by atoms with Crippen LogP contribution < -0.4 is 4.74 Å². The molecule has 18 heavy (non-hydrogen) atoms. The molecule has 94 valence electrons. The fraction of sp³-hybridized carbons (Fsp3) is 0.385. The van der Waals surface area contributed by atoms with Crippen molar-refractivity contribution < 1.29 is 4.74 Å². The molecule has 0 bridgehead atoms. The molecule has 0 saturated heterocycles.